The molecule has 1 aliphatic heterocycles. The molecule has 0 bridgehead atoms. The first-order valence-electron chi connectivity index (χ1n) is 6.31. The number of nitrogens with one attached hydrogen (secondary N) is 1. The first-order chi connectivity index (χ1) is 8.38. The molecule has 1 saturated heterocycles. The van der Waals surface area contributed by atoms with Gasteiger partial charge in [0.25, 0.3) is 0 Å². The summed E-state index contributed by atoms with van der Waals surface area (Å²) < 4.78 is 11.4. The fraction of sp³-hybridized carbons (Fsp3) is 0.833. The minimum Gasteiger partial charge on any atom is -0.343 e. The zero-order valence-electron chi connectivity index (χ0n) is 11.4. The van der Waals surface area contributed by atoms with E-state index in [2.05, 4.69) is 5.32 Å². The first-order valence-corrected chi connectivity index (χ1v) is 7.93. The summed E-state index contributed by atoms with van der Waals surface area (Å²) >= 11 is 0. The zero-order valence-corrected chi connectivity index (χ0v) is 12.3. The Morgan fingerprint density at radius 1 is 1.44 bits per heavy atom. The van der Waals surface area contributed by atoms with Crippen LogP contribution in [-0.4, -0.2) is 51.1 Å². The van der Waals surface area contributed by atoms with E-state index in [4.69, 9.17) is 0 Å². The predicted octanol–water partition coefficient (Wildman–Crippen LogP) is 0.269. The van der Waals surface area contributed by atoms with Crippen molar-refractivity contribution < 1.29 is 13.8 Å². The van der Waals surface area contributed by atoms with E-state index >= 15 is 0 Å². The number of hydrogen-bond acceptors (Lipinski definition) is 3. The first kappa shape index (κ1) is 15.1. The molecular weight excluding hydrogens is 252 g/mol. The molecule has 0 radical (unpaired) electrons. The van der Waals surface area contributed by atoms with Crippen LogP contribution in [0.1, 0.15) is 33.6 Å². The van der Waals surface area contributed by atoms with Gasteiger partial charge in [0.15, 0.2) is 0 Å². The number of hydrogen-bond donors (Lipinski definition) is 1. The van der Waals surface area contributed by atoms with Gasteiger partial charge in [-0.2, -0.15) is 0 Å². The van der Waals surface area contributed by atoms with E-state index in [9.17, 15) is 13.8 Å². The quantitative estimate of drug-likeness (QED) is 0.782. The highest BCUT2D eigenvalue weighted by molar-refractivity contribution is 7.84. The largest absolute Gasteiger partial charge is 0.343 e. The SMILES string of the molecule is CCCC1NC(=O)C(C)N(CC(C)S(C)=O)C1=O. The standard InChI is InChI=1S/C12H22N2O3S/c1-5-6-10-12(16)14(7-8(2)18(4)17)9(3)11(15)13-10/h8-10H,5-7H2,1-4H3,(H,13,15). The third-order valence-corrected chi connectivity index (χ3v) is 4.62. The minimum absolute atomic E-state index is 0.0544. The van der Waals surface area contributed by atoms with Gasteiger partial charge in [-0.15, -0.1) is 0 Å². The molecule has 4 unspecified atom stereocenters. The Balaban J connectivity index is 2.81. The van der Waals surface area contributed by atoms with Gasteiger partial charge < -0.3 is 10.2 Å². The maximum Gasteiger partial charge on any atom is 0.245 e. The van der Waals surface area contributed by atoms with Gasteiger partial charge in [-0.1, -0.05) is 13.3 Å². The van der Waals surface area contributed by atoms with Crippen LogP contribution in [0.3, 0.4) is 0 Å². The second kappa shape index (κ2) is 6.31. The lowest BCUT2D eigenvalue weighted by Crippen LogP contribution is -2.63. The van der Waals surface area contributed by atoms with Crippen LogP contribution in [-0.2, 0) is 20.4 Å². The Morgan fingerprint density at radius 2 is 2.06 bits per heavy atom. The molecule has 1 heterocycles. The van der Waals surface area contributed by atoms with Crippen molar-refractivity contribution in [2.24, 2.45) is 0 Å². The Kier molecular flexibility index (Phi) is 5.31. The monoisotopic (exact) mass is 274 g/mol. The third-order valence-electron chi connectivity index (χ3n) is 3.34. The topological polar surface area (TPSA) is 66.5 Å². The van der Waals surface area contributed by atoms with Crippen LogP contribution in [0.25, 0.3) is 0 Å². The van der Waals surface area contributed by atoms with E-state index in [1.165, 1.54) is 0 Å². The van der Waals surface area contributed by atoms with Crippen LogP contribution in [0.15, 0.2) is 0 Å². The lowest BCUT2D eigenvalue weighted by atomic mass is 10.0. The molecule has 0 aliphatic carbocycles. The van der Waals surface area contributed by atoms with Crippen LogP contribution in [0.2, 0.25) is 0 Å². The molecule has 2 amide bonds. The lowest BCUT2D eigenvalue weighted by Gasteiger charge is -2.38. The Morgan fingerprint density at radius 3 is 2.56 bits per heavy atom. The molecule has 5 nitrogen and oxygen atoms in total. The highest BCUT2D eigenvalue weighted by Gasteiger charge is 2.38. The van der Waals surface area contributed by atoms with Gasteiger partial charge in [-0.3, -0.25) is 13.8 Å². The van der Waals surface area contributed by atoms with E-state index in [1.54, 1.807) is 18.1 Å². The molecule has 0 saturated carbocycles. The van der Waals surface area contributed by atoms with Crippen LogP contribution in [0.4, 0.5) is 0 Å². The summed E-state index contributed by atoms with van der Waals surface area (Å²) in [5, 5.41) is 2.62. The molecule has 104 valence electrons. The molecule has 18 heavy (non-hydrogen) atoms. The van der Waals surface area contributed by atoms with E-state index in [0.717, 1.165) is 6.42 Å². The number of carbonyl (C=O) groups excluding carboxylic acids is 2. The van der Waals surface area contributed by atoms with Crippen molar-refractivity contribution in [2.45, 2.75) is 50.9 Å². The molecule has 1 fully saturated rings. The number of piperazine rings is 1. The van der Waals surface area contributed by atoms with E-state index in [0.29, 0.717) is 13.0 Å². The third kappa shape index (κ3) is 3.31. The average Bonchev–Trinajstić information content (AvgIpc) is 2.31. The van der Waals surface area contributed by atoms with Crippen molar-refractivity contribution in [3.8, 4) is 0 Å². The maximum atomic E-state index is 12.2. The van der Waals surface area contributed by atoms with Gasteiger partial charge in [-0.05, 0) is 20.3 Å². The number of carbonyl (C=O) groups is 2. The Bertz CT molecular complexity index is 359. The summed E-state index contributed by atoms with van der Waals surface area (Å²) in [6.45, 7) is 5.89. The molecule has 0 aromatic heterocycles. The molecule has 1 aliphatic rings. The smallest absolute Gasteiger partial charge is 0.245 e. The van der Waals surface area contributed by atoms with Crippen LogP contribution < -0.4 is 5.32 Å². The lowest BCUT2D eigenvalue weighted by molar-refractivity contribution is -0.148. The second-order valence-corrected chi connectivity index (χ2v) is 6.63. The molecule has 6 heteroatoms. The van der Waals surface area contributed by atoms with Crippen molar-refractivity contribution in [2.75, 3.05) is 12.8 Å². The fourth-order valence-electron chi connectivity index (χ4n) is 2.00. The minimum atomic E-state index is -0.994. The van der Waals surface area contributed by atoms with E-state index in [-0.39, 0.29) is 17.1 Å². The van der Waals surface area contributed by atoms with Crippen molar-refractivity contribution in [1.82, 2.24) is 10.2 Å². The number of rotatable bonds is 5. The van der Waals surface area contributed by atoms with Crippen molar-refractivity contribution >= 4 is 22.6 Å². The molecule has 0 aromatic rings. The summed E-state index contributed by atoms with van der Waals surface area (Å²) in [6.07, 6.45) is 3.11. The summed E-state index contributed by atoms with van der Waals surface area (Å²) in [5.74, 6) is -0.177. The highest BCUT2D eigenvalue weighted by atomic mass is 32.2. The van der Waals surface area contributed by atoms with Gasteiger partial charge in [0.05, 0.1) is 0 Å². The molecular formula is C12H22N2O3S. The van der Waals surface area contributed by atoms with Crippen molar-refractivity contribution in [3.05, 3.63) is 0 Å². The Hall–Kier alpha value is -0.910. The van der Waals surface area contributed by atoms with Crippen molar-refractivity contribution in [3.63, 3.8) is 0 Å². The molecule has 1 N–H and O–H groups in total. The van der Waals surface area contributed by atoms with Gasteiger partial charge in [0.1, 0.15) is 12.1 Å². The molecule has 1 rings (SSSR count). The zero-order chi connectivity index (χ0) is 13.9. The van der Waals surface area contributed by atoms with Gasteiger partial charge in [-0.25, -0.2) is 0 Å². The summed E-state index contributed by atoms with van der Waals surface area (Å²) in [6, 6.07) is -0.896. The maximum absolute atomic E-state index is 12.2. The fourth-order valence-corrected chi connectivity index (χ4v) is 2.37. The molecule has 0 spiro atoms. The molecule has 0 aromatic carbocycles. The van der Waals surface area contributed by atoms with Gasteiger partial charge >= 0.3 is 0 Å². The number of amides is 2. The van der Waals surface area contributed by atoms with Crippen LogP contribution in [0, 0.1) is 0 Å². The second-order valence-electron chi connectivity index (χ2n) is 4.83. The van der Waals surface area contributed by atoms with Crippen LogP contribution in [0.5, 0.6) is 0 Å². The van der Waals surface area contributed by atoms with Gasteiger partial charge in [0.2, 0.25) is 11.8 Å². The summed E-state index contributed by atoms with van der Waals surface area (Å²) in [5.41, 5.74) is 0. The van der Waals surface area contributed by atoms with Crippen LogP contribution >= 0.6 is 0 Å². The van der Waals surface area contributed by atoms with E-state index < -0.39 is 22.9 Å². The Labute approximate surface area is 111 Å². The highest BCUT2D eigenvalue weighted by Crippen LogP contribution is 2.14. The summed E-state index contributed by atoms with van der Waals surface area (Å²) in [4.78, 5) is 25.6. The normalized spacial score (nSPS) is 27.9. The summed E-state index contributed by atoms with van der Waals surface area (Å²) in [7, 11) is -0.994. The predicted molar refractivity (Wildman–Crippen MR) is 71.5 cm³/mol. The van der Waals surface area contributed by atoms with Gasteiger partial charge in [0, 0.05) is 28.9 Å². The average molecular weight is 274 g/mol. The van der Waals surface area contributed by atoms with Crippen molar-refractivity contribution in [1.29, 1.82) is 0 Å². The molecule has 4 atom stereocenters. The van der Waals surface area contributed by atoms with E-state index in [1.807, 2.05) is 13.8 Å². The number of nitrogens with zero attached hydrogens (tertiary/aromatic N) is 1.